The summed E-state index contributed by atoms with van der Waals surface area (Å²) in [5.74, 6) is 0.619. The standard InChI is InChI=1S/C14H23FN6O2S/c1-16-14(18-7-8-19-24(2,22)23)20-11-5-9-21(10-11)13-12(15)4-3-6-17-13/h3-4,6,11,19H,5,7-10H2,1-2H3,(H2,16,18,20). The number of halogens is 1. The molecule has 1 aliphatic heterocycles. The van der Waals surface area contributed by atoms with Crippen molar-refractivity contribution in [1.29, 1.82) is 0 Å². The number of aromatic nitrogens is 1. The molecule has 8 nitrogen and oxygen atoms in total. The number of pyridine rings is 1. The lowest BCUT2D eigenvalue weighted by Crippen LogP contribution is -2.46. The molecule has 3 N–H and O–H groups in total. The topological polar surface area (TPSA) is 98.7 Å². The maximum atomic E-state index is 13.8. The molecule has 1 aliphatic rings. The molecule has 1 fully saturated rings. The second-order valence-electron chi connectivity index (χ2n) is 5.55. The molecule has 10 heteroatoms. The Morgan fingerprint density at radius 2 is 2.29 bits per heavy atom. The van der Waals surface area contributed by atoms with E-state index in [4.69, 9.17) is 0 Å². The van der Waals surface area contributed by atoms with Gasteiger partial charge < -0.3 is 15.5 Å². The fourth-order valence-corrected chi connectivity index (χ4v) is 2.96. The SMILES string of the molecule is CN=C(NCCNS(C)(=O)=O)NC1CCN(c2ncccc2F)C1. The molecule has 1 atom stereocenters. The van der Waals surface area contributed by atoms with Crippen molar-refractivity contribution in [2.75, 3.05) is 44.4 Å². The maximum Gasteiger partial charge on any atom is 0.208 e. The Balaban J connectivity index is 1.80. The molecule has 1 aromatic rings. The number of hydrogen-bond acceptors (Lipinski definition) is 5. The highest BCUT2D eigenvalue weighted by atomic mass is 32.2. The summed E-state index contributed by atoms with van der Waals surface area (Å²) in [6.45, 7) is 2.02. The van der Waals surface area contributed by atoms with Crippen molar-refractivity contribution < 1.29 is 12.8 Å². The maximum absolute atomic E-state index is 13.8. The minimum atomic E-state index is -3.19. The van der Waals surface area contributed by atoms with E-state index in [0.29, 0.717) is 31.4 Å². The molecular formula is C14H23FN6O2S. The summed E-state index contributed by atoms with van der Waals surface area (Å²) >= 11 is 0. The highest BCUT2D eigenvalue weighted by Crippen LogP contribution is 2.20. The number of anilines is 1. The Bertz CT molecular complexity index is 682. The Kier molecular flexibility index (Phi) is 6.32. The van der Waals surface area contributed by atoms with Gasteiger partial charge in [0.1, 0.15) is 0 Å². The number of rotatable bonds is 6. The Labute approximate surface area is 141 Å². The van der Waals surface area contributed by atoms with Gasteiger partial charge in [-0.05, 0) is 18.6 Å². The average Bonchev–Trinajstić information content (AvgIpc) is 2.98. The average molecular weight is 358 g/mol. The van der Waals surface area contributed by atoms with E-state index in [1.165, 1.54) is 6.07 Å². The molecule has 0 bridgehead atoms. The van der Waals surface area contributed by atoms with Gasteiger partial charge in [0.15, 0.2) is 17.6 Å². The van der Waals surface area contributed by atoms with Crippen LogP contribution in [-0.2, 0) is 10.0 Å². The van der Waals surface area contributed by atoms with Crippen LogP contribution in [0, 0.1) is 5.82 Å². The summed E-state index contributed by atoms with van der Waals surface area (Å²) in [7, 11) is -1.55. The van der Waals surface area contributed by atoms with E-state index in [-0.39, 0.29) is 18.4 Å². The lowest BCUT2D eigenvalue weighted by Gasteiger charge is -2.20. The zero-order chi connectivity index (χ0) is 17.6. The van der Waals surface area contributed by atoms with Crippen LogP contribution in [0.4, 0.5) is 10.2 Å². The molecule has 1 saturated heterocycles. The first-order valence-electron chi connectivity index (χ1n) is 7.66. The van der Waals surface area contributed by atoms with Crippen molar-refractivity contribution in [3.8, 4) is 0 Å². The molecule has 0 aromatic carbocycles. The molecular weight excluding hydrogens is 335 g/mol. The van der Waals surface area contributed by atoms with Gasteiger partial charge in [-0.1, -0.05) is 0 Å². The van der Waals surface area contributed by atoms with Gasteiger partial charge in [0.2, 0.25) is 10.0 Å². The summed E-state index contributed by atoms with van der Waals surface area (Å²) < 4.78 is 38.2. The molecule has 2 heterocycles. The van der Waals surface area contributed by atoms with Crippen LogP contribution in [0.1, 0.15) is 6.42 Å². The minimum Gasteiger partial charge on any atom is -0.355 e. The zero-order valence-electron chi connectivity index (χ0n) is 13.8. The Morgan fingerprint density at radius 1 is 1.50 bits per heavy atom. The van der Waals surface area contributed by atoms with Crippen molar-refractivity contribution in [3.05, 3.63) is 24.1 Å². The molecule has 0 amide bonds. The first kappa shape index (κ1) is 18.4. The molecule has 24 heavy (non-hydrogen) atoms. The summed E-state index contributed by atoms with van der Waals surface area (Å²) in [4.78, 5) is 10.1. The zero-order valence-corrected chi connectivity index (χ0v) is 14.6. The smallest absolute Gasteiger partial charge is 0.208 e. The second-order valence-corrected chi connectivity index (χ2v) is 7.38. The molecule has 1 aromatic heterocycles. The van der Waals surface area contributed by atoms with Gasteiger partial charge in [-0.2, -0.15) is 0 Å². The first-order chi connectivity index (χ1) is 11.4. The van der Waals surface area contributed by atoms with Crippen LogP contribution in [-0.4, -0.2) is 64.9 Å². The largest absolute Gasteiger partial charge is 0.355 e. The van der Waals surface area contributed by atoms with Crippen LogP contribution in [0.2, 0.25) is 0 Å². The van der Waals surface area contributed by atoms with E-state index in [2.05, 4.69) is 25.3 Å². The van der Waals surface area contributed by atoms with Crippen LogP contribution < -0.4 is 20.3 Å². The van der Waals surface area contributed by atoms with Crippen molar-refractivity contribution in [2.24, 2.45) is 4.99 Å². The monoisotopic (exact) mass is 358 g/mol. The van der Waals surface area contributed by atoms with E-state index in [1.807, 2.05) is 4.90 Å². The predicted octanol–water partition coefficient (Wildman–Crippen LogP) is -0.486. The number of hydrogen-bond donors (Lipinski definition) is 3. The van der Waals surface area contributed by atoms with E-state index < -0.39 is 10.0 Å². The lowest BCUT2D eigenvalue weighted by atomic mass is 10.3. The van der Waals surface area contributed by atoms with Gasteiger partial charge in [-0.25, -0.2) is 22.5 Å². The van der Waals surface area contributed by atoms with Gasteiger partial charge in [-0.15, -0.1) is 0 Å². The van der Waals surface area contributed by atoms with Gasteiger partial charge in [-0.3, -0.25) is 4.99 Å². The van der Waals surface area contributed by atoms with Gasteiger partial charge in [0, 0.05) is 45.5 Å². The third-order valence-corrected chi connectivity index (χ3v) is 4.30. The van der Waals surface area contributed by atoms with Crippen LogP contribution in [0.3, 0.4) is 0 Å². The molecule has 134 valence electrons. The quantitative estimate of drug-likeness (QED) is 0.361. The van der Waals surface area contributed by atoms with Crippen molar-refractivity contribution >= 4 is 21.8 Å². The summed E-state index contributed by atoms with van der Waals surface area (Å²) in [6, 6.07) is 3.08. The molecule has 2 rings (SSSR count). The van der Waals surface area contributed by atoms with Gasteiger partial charge in [0.25, 0.3) is 0 Å². The number of aliphatic imine (C=N–C) groups is 1. The number of sulfonamides is 1. The highest BCUT2D eigenvalue weighted by molar-refractivity contribution is 7.88. The number of nitrogens with zero attached hydrogens (tertiary/aromatic N) is 3. The second kappa shape index (κ2) is 8.25. The van der Waals surface area contributed by atoms with Gasteiger partial charge >= 0.3 is 0 Å². The molecule has 0 aliphatic carbocycles. The Morgan fingerprint density at radius 3 is 2.96 bits per heavy atom. The van der Waals surface area contributed by atoms with E-state index in [0.717, 1.165) is 12.7 Å². The first-order valence-corrected chi connectivity index (χ1v) is 9.55. The van der Waals surface area contributed by atoms with Crippen molar-refractivity contribution in [1.82, 2.24) is 20.3 Å². The van der Waals surface area contributed by atoms with E-state index in [1.54, 1.807) is 19.3 Å². The summed E-state index contributed by atoms with van der Waals surface area (Å²) in [6.07, 6.45) is 3.52. The Hall–Kier alpha value is -1.94. The molecule has 0 spiro atoms. The van der Waals surface area contributed by atoms with Crippen molar-refractivity contribution in [2.45, 2.75) is 12.5 Å². The number of guanidine groups is 1. The highest BCUT2D eigenvalue weighted by Gasteiger charge is 2.25. The molecule has 1 unspecified atom stereocenters. The lowest BCUT2D eigenvalue weighted by molar-refractivity contribution is 0.585. The van der Waals surface area contributed by atoms with Crippen LogP contribution in [0.15, 0.2) is 23.3 Å². The van der Waals surface area contributed by atoms with Crippen LogP contribution in [0.25, 0.3) is 0 Å². The predicted molar refractivity (Wildman–Crippen MR) is 92.2 cm³/mol. The fourth-order valence-electron chi connectivity index (χ4n) is 2.49. The van der Waals surface area contributed by atoms with Crippen LogP contribution >= 0.6 is 0 Å². The third kappa shape index (κ3) is 5.60. The molecule has 0 saturated carbocycles. The fraction of sp³-hybridized carbons (Fsp3) is 0.571. The van der Waals surface area contributed by atoms with Crippen molar-refractivity contribution in [3.63, 3.8) is 0 Å². The van der Waals surface area contributed by atoms with Crippen LogP contribution in [0.5, 0.6) is 0 Å². The van der Waals surface area contributed by atoms with E-state index in [9.17, 15) is 12.8 Å². The summed E-state index contributed by atoms with van der Waals surface area (Å²) in [5.41, 5.74) is 0. The number of nitrogens with one attached hydrogen (secondary N) is 3. The molecule has 0 radical (unpaired) electrons. The van der Waals surface area contributed by atoms with E-state index >= 15 is 0 Å². The third-order valence-electron chi connectivity index (χ3n) is 3.57. The summed E-state index contributed by atoms with van der Waals surface area (Å²) in [5, 5.41) is 6.29. The minimum absolute atomic E-state index is 0.112. The normalized spacial score (nSPS) is 18.7. The van der Waals surface area contributed by atoms with Gasteiger partial charge in [0.05, 0.1) is 6.26 Å².